The van der Waals surface area contributed by atoms with E-state index < -0.39 is 0 Å². The molecule has 0 unspecified atom stereocenters. The number of ether oxygens (including phenoxy) is 2. The van der Waals surface area contributed by atoms with Crippen molar-refractivity contribution in [2.45, 2.75) is 25.7 Å². The average molecular weight is 278 g/mol. The first-order chi connectivity index (χ1) is 9.83. The van der Waals surface area contributed by atoms with Crippen molar-refractivity contribution in [3.63, 3.8) is 0 Å². The molecule has 1 aliphatic heterocycles. The number of benzene rings is 1. The summed E-state index contributed by atoms with van der Waals surface area (Å²) in [5, 5.41) is 3.45. The first kappa shape index (κ1) is 15.0. The highest BCUT2D eigenvalue weighted by Crippen LogP contribution is 2.28. The molecule has 0 atom stereocenters. The van der Waals surface area contributed by atoms with Crippen LogP contribution >= 0.6 is 0 Å². The number of nitrogens with zero attached hydrogens (tertiary/aromatic N) is 1. The van der Waals surface area contributed by atoms with Gasteiger partial charge in [-0.15, -0.1) is 0 Å². The normalized spacial score (nSPS) is 15.9. The number of hydrogen-bond donors (Lipinski definition) is 1. The van der Waals surface area contributed by atoms with Gasteiger partial charge in [0.2, 0.25) is 0 Å². The number of rotatable bonds is 7. The Morgan fingerprint density at radius 1 is 1.10 bits per heavy atom. The lowest BCUT2D eigenvalue weighted by Gasteiger charge is -2.26. The Balaban J connectivity index is 1.77. The summed E-state index contributed by atoms with van der Waals surface area (Å²) >= 11 is 0. The lowest BCUT2D eigenvalue weighted by molar-refractivity contribution is 0.228. The summed E-state index contributed by atoms with van der Waals surface area (Å²) in [4.78, 5) is 2.56. The molecule has 0 aromatic heterocycles. The fourth-order valence-electron chi connectivity index (χ4n) is 2.66. The van der Waals surface area contributed by atoms with E-state index in [1.165, 1.54) is 38.9 Å². The third-order valence-corrected chi connectivity index (χ3v) is 3.82. The molecule has 1 heterocycles. The largest absolute Gasteiger partial charge is 0.497 e. The zero-order valence-corrected chi connectivity index (χ0v) is 12.7. The lowest BCUT2D eigenvalue weighted by Crippen LogP contribution is -2.31. The minimum Gasteiger partial charge on any atom is -0.497 e. The summed E-state index contributed by atoms with van der Waals surface area (Å²) in [5.41, 5.74) is 1.01. The van der Waals surface area contributed by atoms with Gasteiger partial charge in [-0.25, -0.2) is 0 Å². The van der Waals surface area contributed by atoms with Gasteiger partial charge in [0.25, 0.3) is 0 Å². The van der Waals surface area contributed by atoms with E-state index in [1.54, 1.807) is 14.2 Å². The Bertz CT molecular complexity index is 403. The number of hydrogen-bond acceptors (Lipinski definition) is 4. The number of piperidine rings is 1. The zero-order chi connectivity index (χ0) is 14.2. The Kier molecular flexibility index (Phi) is 5.99. The van der Waals surface area contributed by atoms with Crippen LogP contribution in [0.2, 0.25) is 0 Å². The topological polar surface area (TPSA) is 33.7 Å². The molecule has 1 aromatic carbocycles. The molecule has 0 amide bonds. The Morgan fingerprint density at radius 3 is 2.60 bits per heavy atom. The standard InChI is InChI=1S/C16H26N2O2/c1-19-14-7-8-16(20-2)15(13-14)17-9-6-12-18-10-4-3-5-11-18/h7-8,13,17H,3-6,9-12H2,1-2H3. The van der Waals surface area contributed by atoms with Crippen LogP contribution in [0.4, 0.5) is 5.69 Å². The maximum absolute atomic E-state index is 5.36. The van der Waals surface area contributed by atoms with Gasteiger partial charge in [-0.3, -0.25) is 0 Å². The molecule has 1 fully saturated rings. The highest BCUT2D eigenvalue weighted by Gasteiger charge is 2.09. The summed E-state index contributed by atoms with van der Waals surface area (Å²) in [5.74, 6) is 1.72. The van der Waals surface area contributed by atoms with Gasteiger partial charge in [0.1, 0.15) is 11.5 Å². The van der Waals surface area contributed by atoms with Crippen molar-refractivity contribution in [1.29, 1.82) is 0 Å². The number of likely N-dealkylation sites (tertiary alicyclic amines) is 1. The monoisotopic (exact) mass is 278 g/mol. The second kappa shape index (κ2) is 8.00. The molecule has 1 saturated heterocycles. The minimum absolute atomic E-state index is 0.851. The van der Waals surface area contributed by atoms with Crippen LogP contribution in [0.5, 0.6) is 11.5 Å². The highest BCUT2D eigenvalue weighted by molar-refractivity contribution is 5.59. The van der Waals surface area contributed by atoms with Crippen LogP contribution in [0, 0.1) is 0 Å². The van der Waals surface area contributed by atoms with Gasteiger partial charge in [0.15, 0.2) is 0 Å². The van der Waals surface area contributed by atoms with Gasteiger partial charge in [-0.05, 0) is 51.0 Å². The summed E-state index contributed by atoms with van der Waals surface area (Å²) in [6, 6.07) is 5.84. The van der Waals surface area contributed by atoms with Crippen molar-refractivity contribution in [3.8, 4) is 11.5 Å². The van der Waals surface area contributed by atoms with Gasteiger partial charge in [0.05, 0.1) is 19.9 Å². The van der Waals surface area contributed by atoms with E-state index in [-0.39, 0.29) is 0 Å². The summed E-state index contributed by atoms with van der Waals surface area (Å²) in [6.07, 6.45) is 5.27. The van der Waals surface area contributed by atoms with E-state index in [9.17, 15) is 0 Å². The molecule has 2 rings (SSSR count). The predicted octanol–water partition coefficient (Wildman–Crippen LogP) is 2.99. The third kappa shape index (κ3) is 4.30. The predicted molar refractivity (Wildman–Crippen MR) is 82.9 cm³/mol. The van der Waals surface area contributed by atoms with E-state index in [2.05, 4.69) is 10.2 Å². The van der Waals surface area contributed by atoms with E-state index in [1.807, 2.05) is 18.2 Å². The van der Waals surface area contributed by atoms with Crippen LogP contribution in [-0.2, 0) is 0 Å². The van der Waals surface area contributed by atoms with Gasteiger partial charge >= 0.3 is 0 Å². The second-order valence-corrected chi connectivity index (χ2v) is 5.25. The van der Waals surface area contributed by atoms with Crippen molar-refractivity contribution in [3.05, 3.63) is 18.2 Å². The molecule has 1 aromatic rings. The fraction of sp³-hybridized carbons (Fsp3) is 0.625. The number of anilines is 1. The van der Waals surface area contributed by atoms with E-state index in [0.717, 1.165) is 30.2 Å². The van der Waals surface area contributed by atoms with E-state index >= 15 is 0 Å². The van der Waals surface area contributed by atoms with Crippen molar-refractivity contribution >= 4 is 5.69 Å². The Morgan fingerprint density at radius 2 is 1.90 bits per heavy atom. The summed E-state index contributed by atoms with van der Waals surface area (Å²) < 4.78 is 10.6. The average Bonchev–Trinajstić information content (AvgIpc) is 2.52. The molecule has 0 spiro atoms. The van der Waals surface area contributed by atoms with E-state index in [0.29, 0.717) is 0 Å². The first-order valence-electron chi connectivity index (χ1n) is 7.52. The first-order valence-corrected chi connectivity index (χ1v) is 7.52. The minimum atomic E-state index is 0.851. The fourth-order valence-corrected chi connectivity index (χ4v) is 2.66. The zero-order valence-electron chi connectivity index (χ0n) is 12.7. The summed E-state index contributed by atoms with van der Waals surface area (Å²) in [7, 11) is 3.38. The number of nitrogens with one attached hydrogen (secondary N) is 1. The van der Waals surface area contributed by atoms with Crippen LogP contribution in [0.15, 0.2) is 18.2 Å². The SMILES string of the molecule is COc1ccc(OC)c(NCCCN2CCCCC2)c1. The molecular formula is C16H26N2O2. The molecule has 20 heavy (non-hydrogen) atoms. The van der Waals surface area contributed by atoms with Crippen molar-refractivity contribution in [1.82, 2.24) is 4.90 Å². The molecule has 0 aliphatic carbocycles. The van der Waals surface area contributed by atoms with Crippen LogP contribution in [0.25, 0.3) is 0 Å². The van der Waals surface area contributed by atoms with Crippen LogP contribution in [-0.4, -0.2) is 45.3 Å². The third-order valence-electron chi connectivity index (χ3n) is 3.82. The van der Waals surface area contributed by atoms with Crippen molar-refractivity contribution < 1.29 is 9.47 Å². The van der Waals surface area contributed by atoms with Crippen LogP contribution < -0.4 is 14.8 Å². The summed E-state index contributed by atoms with van der Waals surface area (Å²) in [6.45, 7) is 4.67. The van der Waals surface area contributed by atoms with Crippen molar-refractivity contribution in [2.75, 3.05) is 45.7 Å². The quantitative estimate of drug-likeness (QED) is 0.777. The molecule has 0 radical (unpaired) electrons. The van der Waals surface area contributed by atoms with Gasteiger partial charge in [0, 0.05) is 12.6 Å². The second-order valence-electron chi connectivity index (χ2n) is 5.25. The lowest BCUT2D eigenvalue weighted by atomic mass is 10.1. The van der Waals surface area contributed by atoms with Gasteiger partial charge in [-0.1, -0.05) is 6.42 Å². The molecule has 112 valence electrons. The van der Waals surface area contributed by atoms with Gasteiger partial charge in [-0.2, -0.15) is 0 Å². The Hall–Kier alpha value is -1.42. The molecule has 0 saturated carbocycles. The Labute approximate surface area is 122 Å². The smallest absolute Gasteiger partial charge is 0.142 e. The number of methoxy groups -OCH3 is 2. The van der Waals surface area contributed by atoms with Crippen LogP contribution in [0.3, 0.4) is 0 Å². The van der Waals surface area contributed by atoms with Crippen molar-refractivity contribution in [2.24, 2.45) is 0 Å². The molecule has 0 bridgehead atoms. The maximum Gasteiger partial charge on any atom is 0.142 e. The van der Waals surface area contributed by atoms with Gasteiger partial charge < -0.3 is 19.7 Å². The molecule has 4 nitrogen and oxygen atoms in total. The molecule has 1 aliphatic rings. The maximum atomic E-state index is 5.36. The molecule has 4 heteroatoms. The van der Waals surface area contributed by atoms with Crippen LogP contribution in [0.1, 0.15) is 25.7 Å². The molecule has 1 N–H and O–H groups in total. The highest BCUT2D eigenvalue weighted by atomic mass is 16.5. The van der Waals surface area contributed by atoms with E-state index in [4.69, 9.17) is 9.47 Å². The molecular weight excluding hydrogens is 252 g/mol.